The molecule has 0 spiro atoms. The van der Waals surface area contributed by atoms with E-state index in [4.69, 9.17) is 0 Å². The molecule has 0 bridgehead atoms. The molecule has 0 aliphatic carbocycles. The molecule has 0 rings (SSSR count). The van der Waals surface area contributed by atoms with Gasteiger partial charge in [0.1, 0.15) is 5.78 Å². The van der Waals surface area contributed by atoms with Gasteiger partial charge in [0, 0.05) is 6.42 Å². The summed E-state index contributed by atoms with van der Waals surface area (Å²) < 4.78 is 0. The lowest BCUT2D eigenvalue weighted by molar-refractivity contribution is -0.116. The van der Waals surface area contributed by atoms with Crippen molar-refractivity contribution in [2.45, 2.75) is 26.2 Å². The van der Waals surface area contributed by atoms with Gasteiger partial charge in [0.15, 0.2) is 0 Å². The third-order valence-corrected chi connectivity index (χ3v) is 0.996. The number of ketones is 1. The van der Waals surface area contributed by atoms with Crippen molar-refractivity contribution in [3.63, 3.8) is 0 Å². The average molecular weight is 125 g/mol. The number of hydrogen-bond donors (Lipinski definition) is 0. The zero-order valence-corrected chi connectivity index (χ0v) is 5.89. The van der Waals surface area contributed by atoms with Crippen molar-refractivity contribution in [3.05, 3.63) is 19.1 Å². The summed E-state index contributed by atoms with van der Waals surface area (Å²) >= 11 is 0. The van der Waals surface area contributed by atoms with Gasteiger partial charge >= 0.3 is 0 Å². The van der Waals surface area contributed by atoms with Gasteiger partial charge in [-0.3, -0.25) is 0 Å². The van der Waals surface area contributed by atoms with E-state index in [9.17, 15) is 4.79 Å². The van der Waals surface area contributed by atoms with Gasteiger partial charge in [-0.05, 0) is 26.7 Å². The predicted molar refractivity (Wildman–Crippen MR) is 39.0 cm³/mol. The molecule has 0 saturated heterocycles. The standard InChI is InChI=1S/C8H13O/c1-3-4-5-6-7-8(2)9/h4-5H,1,3,6-7H2,2H3. The Morgan fingerprint density at radius 1 is 1.56 bits per heavy atom. The molecular formula is C8H13O. The van der Waals surface area contributed by atoms with Gasteiger partial charge in [0.05, 0.1) is 0 Å². The minimum Gasteiger partial charge on any atom is -0.300 e. The second kappa shape index (κ2) is 5.54. The zero-order chi connectivity index (χ0) is 7.11. The fraction of sp³-hybridized carbons (Fsp3) is 0.500. The Kier molecular flexibility index (Phi) is 5.18. The van der Waals surface area contributed by atoms with Crippen molar-refractivity contribution < 1.29 is 4.79 Å². The van der Waals surface area contributed by atoms with E-state index in [1.54, 1.807) is 6.92 Å². The van der Waals surface area contributed by atoms with Crippen LogP contribution in [0, 0.1) is 6.92 Å². The van der Waals surface area contributed by atoms with E-state index in [2.05, 4.69) is 6.92 Å². The van der Waals surface area contributed by atoms with Crippen LogP contribution in [0.25, 0.3) is 0 Å². The molecule has 0 fully saturated rings. The Balaban J connectivity index is 3.09. The Morgan fingerprint density at radius 3 is 2.67 bits per heavy atom. The van der Waals surface area contributed by atoms with Crippen LogP contribution < -0.4 is 0 Å². The number of carbonyl (C=O) groups excluding carboxylic acids is 1. The first-order valence-electron chi connectivity index (χ1n) is 3.21. The molecule has 0 heterocycles. The molecule has 1 heteroatoms. The van der Waals surface area contributed by atoms with Gasteiger partial charge in [0.25, 0.3) is 0 Å². The lowest BCUT2D eigenvalue weighted by Gasteiger charge is -1.85. The lowest BCUT2D eigenvalue weighted by atomic mass is 10.2. The molecule has 0 amide bonds. The van der Waals surface area contributed by atoms with Crippen LogP contribution in [0.3, 0.4) is 0 Å². The highest BCUT2D eigenvalue weighted by atomic mass is 16.1. The first-order chi connectivity index (χ1) is 4.27. The average Bonchev–Trinajstić information content (AvgIpc) is 1.80. The van der Waals surface area contributed by atoms with E-state index in [1.165, 1.54) is 0 Å². The first kappa shape index (κ1) is 8.41. The topological polar surface area (TPSA) is 17.1 Å². The van der Waals surface area contributed by atoms with Crippen LogP contribution >= 0.6 is 0 Å². The van der Waals surface area contributed by atoms with Crippen LogP contribution in [0.4, 0.5) is 0 Å². The SMILES string of the molecule is [CH2]CC=CCCC(C)=O. The Bertz CT molecular complexity index is 103. The van der Waals surface area contributed by atoms with Crippen molar-refractivity contribution in [2.75, 3.05) is 0 Å². The molecule has 1 radical (unpaired) electrons. The Morgan fingerprint density at radius 2 is 2.22 bits per heavy atom. The molecule has 1 nitrogen and oxygen atoms in total. The van der Waals surface area contributed by atoms with Crippen molar-refractivity contribution in [1.29, 1.82) is 0 Å². The molecule has 51 valence electrons. The summed E-state index contributed by atoms with van der Waals surface area (Å²) in [5.74, 6) is 0.253. The number of Topliss-reactive ketones (excluding diaryl/α,β-unsaturated/α-hetero) is 1. The quantitative estimate of drug-likeness (QED) is 0.526. The zero-order valence-electron chi connectivity index (χ0n) is 5.89. The second-order valence-electron chi connectivity index (χ2n) is 2.00. The molecule has 0 aliphatic heterocycles. The first-order valence-corrected chi connectivity index (χ1v) is 3.21. The number of hydrogen-bond acceptors (Lipinski definition) is 1. The fourth-order valence-corrected chi connectivity index (χ4v) is 0.522. The summed E-state index contributed by atoms with van der Waals surface area (Å²) in [5, 5.41) is 0. The predicted octanol–water partition coefficient (Wildman–Crippen LogP) is 2.14. The van der Waals surface area contributed by atoms with Crippen LogP contribution in [-0.4, -0.2) is 5.78 Å². The van der Waals surface area contributed by atoms with E-state index >= 15 is 0 Å². The molecule has 0 aromatic carbocycles. The van der Waals surface area contributed by atoms with Crippen molar-refractivity contribution >= 4 is 5.78 Å². The molecule has 0 saturated carbocycles. The van der Waals surface area contributed by atoms with Crippen molar-refractivity contribution in [1.82, 2.24) is 0 Å². The number of allylic oxidation sites excluding steroid dienone is 2. The lowest BCUT2D eigenvalue weighted by Crippen LogP contribution is -1.85. The van der Waals surface area contributed by atoms with Crippen LogP contribution in [0.5, 0.6) is 0 Å². The summed E-state index contributed by atoms with van der Waals surface area (Å²) in [5.41, 5.74) is 0. The molecular weight excluding hydrogens is 112 g/mol. The Hall–Kier alpha value is -0.590. The highest BCUT2D eigenvalue weighted by Crippen LogP contribution is 1.92. The largest absolute Gasteiger partial charge is 0.300 e. The van der Waals surface area contributed by atoms with Gasteiger partial charge in [-0.1, -0.05) is 12.2 Å². The fourth-order valence-electron chi connectivity index (χ4n) is 0.522. The van der Waals surface area contributed by atoms with Gasteiger partial charge in [-0.15, -0.1) is 0 Å². The van der Waals surface area contributed by atoms with E-state index in [0.717, 1.165) is 12.8 Å². The van der Waals surface area contributed by atoms with Crippen LogP contribution in [0.15, 0.2) is 12.2 Å². The van der Waals surface area contributed by atoms with Crippen molar-refractivity contribution in [3.8, 4) is 0 Å². The highest BCUT2D eigenvalue weighted by molar-refractivity contribution is 5.75. The van der Waals surface area contributed by atoms with E-state index in [-0.39, 0.29) is 5.78 Å². The molecule has 0 atom stereocenters. The van der Waals surface area contributed by atoms with Gasteiger partial charge in [-0.2, -0.15) is 0 Å². The summed E-state index contributed by atoms with van der Waals surface area (Å²) in [6.07, 6.45) is 6.32. The van der Waals surface area contributed by atoms with Crippen LogP contribution in [-0.2, 0) is 4.79 Å². The van der Waals surface area contributed by atoms with Crippen LogP contribution in [0.2, 0.25) is 0 Å². The molecule has 0 aliphatic rings. The van der Waals surface area contributed by atoms with Gasteiger partial charge < -0.3 is 4.79 Å². The minimum atomic E-state index is 0.253. The molecule has 9 heavy (non-hydrogen) atoms. The molecule has 0 aromatic heterocycles. The molecule has 0 aromatic rings. The van der Waals surface area contributed by atoms with Crippen LogP contribution in [0.1, 0.15) is 26.2 Å². The van der Waals surface area contributed by atoms with E-state index in [1.807, 2.05) is 12.2 Å². The van der Waals surface area contributed by atoms with Gasteiger partial charge in [0.2, 0.25) is 0 Å². The third kappa shape index (κ3) is 7.41. The minimum absolute atomic E-state index is 0.253. The maximum absolute atomic E-state index is 10.4. The van der Waals surface area contributed by atoms with Crippen molar-refractivity contribution in [2.24, 2.45) is 0 Å². The summed E-state index contributed by atoms with van der Waals surface area (Å²) in [4.78, 5) is 10.4. The number of rotatable bonds is 4. The summed E-state index contributed by atoms with van der Waals surface area (Å²) in [6.45, 7) is 5.24. The van der Waals surface area contributed by atoms with Gasteiger partial charge in [-0.25, -0.2) is 0 Å². The molecule has 0 N–H and O–H groups in total. The van der Waals surface area contributed by atoms with E-state index < -0.39 is 0 Å². The molecule has 0 unspecified atom stereocenters. The number of carbonyl (C=O) groups is 1. The Labute approximate surface area is 56.8 Å². The van der Waals surface area contributed by atoms with E-state index in [0.29, 0.717) is 6.42 Å². The monoisotopic (exact) mass is 125 g/mol. The summed E-state index contributed by atoms with van der Waals surface area (Å²) in [6, 6.07) is 0. The maximum atomic E-state index is 10.4. The maximum Gasteiger partial charge on any atom is 0.130 e. The summed E-state index contributed by atoms with van der Waals surface area (Å²) in [7, 11) is 0. The smallest absolute Gasteiger partial charge is 0.130 e. The third-order valence-electron chi connectivity index (χ3n) is 0.996. The second-order valence-corrected chi connectivity index (χ2v) is 2.00. The highest BCUT2D eigenvalue weighted by Gasteiger charge is 1.86. The normalized spacial score (nSPS) is 10.4.